The maximum Gasteiger partial charge on any atom is 0.228 e. The average molecular weight is 550 g/mol. The molecule has 0 aromatic heterocycles. The molecule has 1 saturated heterocycles. The number of rotatable bonds is 8. The Labute approximate surface area is 219 Å². The Morgan fingerprint density at radius 1 is 1.03 bits per heavy atom. The first-order chi connectivity index (χ1) is 17.6. The molecule has 0 radical (unpaired) electrons. The second-order valence-corrected chi connectivity index (χ2v) is 11.4. The van der Waals surface area contributed by atoms with Crippen molar-refractivity contribution in [2.75, 3.05) is 24.3 Å². The zero-order valence-corrected chi connectivity index (χ0v) is 21.7. The summed E-state index contributed by atoms with van der Waals surface area (Å²) >= 11 is 5.83. The van der Waals surface area contributed by atoms with Gasteiger partial charge in [-0.15, -0.1) is 0 Å². The van der Waals surface area contributed by atoms with Gasteiger partial charge in [-0.1, -0.05) is 36.7 Å². The van der Waals surface area contributed by atoms with E-state index in [1.54, 1.807) is 25.1 Å². The van der Waals surface area contributed by atoms with Gasteiger partial charge >= 0.3 is 0 Å². The molecule has 37 heavy (non-hydrogen) atoms. The molecule has 4 rings (SSSR count). The lowest BCUT2D eigenvalue weighted by Gasteiger charge is -2.38. The van der Waals surface area contributed by atoms with Crippen LogP contribution in [0, 0.1) is 11.6 Å². The highest BCUT2D eigenvalue weighted by atomic mass is 35.5. The molecule has 1 heterocycles. The molecule has 0 bridgehead atoms. The molecule has 0 aliphatic carbocycles. The van der Waals surface area contributed by atoms with Gasteiger partial charge in [0, 0.05) is 24.6 Å². The van der Waals surface area contributed by atoms with Gasteiger partial charge in [-0.25, -0.2) is 17.2 Å². The first-order valence-corrected chi connectivity index (χ1v) is 13.8. The molecule has 1 aliphatic rings. The summed E-state index contributed by atoms with van der Waals surface area (Å²) < 4.78 is 64.7. The number of amides is 1. The number of hydrogen-bond donors (Lipinski definition) is 1. The number of carbonyl (C=O) groups excluding carboxylic acids is 1. The summed E-state index contributed by atoms with van der Waals surface area (Å²) in [7, 11) is -3.32. The molecule has 3 aromatic carbocycles. The predicted molar refractivity (Wildman–Crippen MR) is 137 cm³/mol. The molecule has 0 saturated carbocycles. The van der Waals surface area contributed by atoms with Gasteiger partial charge in [0.25, 0.3) is 0 Å². The van der Waals surface area contributed by atoms with Gasteiger partial charge in [0.1, 0.15) is 11.4 Å². The molecular formula is C27H26ClF2NO5S. The molecule has 6 nitrogen and oxygen atoms in total. The van der Waals surface area contributed by atoms with E-state index in [1.165, 1.54) is 36.4 Å². The maximum atomic E-state index is 15.0. The van der Waals surface area contributed by atoms with Crippen LogP contribution in [0.3, 0.4) is 0 Å². The molecule has 1 aliphatic heterocycles. The van der Waals surface area contributed by atoms with Crippen LogP contribution in [-0.4, -0.2) is 33.3 Å². The van der Waals surface area contributed by atoms with Crippen LogP contribution in [0.4, 0.5) is 14.5 Å². The second-order valence-electron chi connectivity index (χ2n) is 8.76. The summed E-state index contributed by atoms with van der Waals surface area (Å²) in [6.45, 7) is 2.30. The first kappa shape index (κ1) is 27.0. The van der Waals surface area contributed by atoms with E-state index in [0.717, 1.165) is 6.07 Å². The minimum atomic E-state index is -3.32. The quantitative estimate of drug-likeness (QED) is 0.391. The highest BCUT2D eigenvalue weighted by Gasteiger charge is 2.38. The van der Waals surface area contributed by atoms with E-state index < -0.39 is 33.0 Å². The number of sulfone groups is 1. The number of ether oxygens (including phenoxy) is 2. The fourth-order valence-corrected chi connectivity index (χ4v) is 5.18. The van der Waals surface area contributed by atoms with Gasteiger partial charge in [0.2, 0.25) is 5.91 Å². The van der Waals surface area contributed by atoms with E-state index >= 15 is 4.39 Å². The van der Waals surface area contributed by atoms with Crippen LogP contribution in [0.1, 0.15) is 30.9 Å². The smallest absolute Gasteiger partial charge is 0.228 e. The molecule has 0 spiro atoms. The summed E-state index contributed by atoms with van der Waals surface area (Å²) in [4.78, 5) is 12.7. The Morgan fingerprint density at radius 2 is 1.73 bits per heavy atom. The maximum absolute atomic E-state index is 15.0. The number of nitrogens with one attached hydrogen (secondary N) is 1. The van der Waals surface area contributed by atoms with E-state index in [4.69, 9.17) is 21.1 Å². The van der Waals surface area contributed by atoms with Crippen LogP contribution < -0.4 is 10.1 Å². The second kappa shape index (κ2) is 11.2. The van der Waals surface area contributed by atoms with Crippen LogP contribution in [0.5, 0.6) is 5.75 Å². The molecule has 10 heteroatoms. The predicted octanol–water partition coefficient (Wildman–Crippen LogP) is 5.68. The summed E-state index contributed by atoms with van der Waals surface area (Å²) in [5.74, 6) is -1.72. The summed E-state index contributed by atoms with van der Waals surface area (Å²) in [6.07, 6.45) is 0.770. The van der Waals surface area contributed by atoms with Crippen LogP contribution >= 0.6 is 11.6 Å². The first-order valence-electron chi connectivity index (χ1n) is 11.8. The lowest BCUT2D eigenvalue weighted by Crippen LogP contribution is -2.39. The van der Waals surface area contributed by atoms with Crippen molar-refractivity contribution in [1.82, 2.24) is 0 Å². The van der Waals surface area contributed by atoms with Crippen molar-refractivity contribution in [3.63, 3.8) is 0 Å². The van der Waals surface area contributed by atoms with E-state index in [9.17, 15) is 17.6 Å². The molecule has 1 amide bonds. The van der Waals surface area contributed by atoms with E-state index in [0.29, 0.717) is 37.2 Å². The zero-order chi connectivity index (χ0) is 26.6. The molecule has 196 valence electrons. The van der Waals surface area contributed by atoms with Gasteiger partial charge in [0.15, 0.2) is 21.4 Å². The number of halogens is 3. The Kier molecular flexibility index (Phi) is 8.16. The number of carbonyl (C=O) groups is 1. The zero-order valence-electron chi connectivity index (χ0n) is 20.1. The average Bonchev–Trinajstić information content (AvgIpc) is 2.88. The van der Waals surface area contributed by atoms with Crippen molar-refractivity contribution in [2.45, 2.75) is 36.7 Å². The topological polar surface area (TPSA) is 81.7 Å². The van der Waals surface area contributed by atoms with E-state index in [-0.39, 0.29) is 33.5 Å². The Balaban J connectivity index is 1.46. The molecule has 1 fully saturated rings. The van der Waals surface area contributed by atoms with Crippen LogP contribution in [-0.2, 0) is 31.4 Å². The lowest BCUT2D eigenvalue weighted by molar-refractivity contribution is -0.115. The third-order valence-corrected chi connectivity index (χ3v) is 8.35. The van der Waals surface area contributed by atoms with Crippen molar-refractivity contribution in [3.8, 4) is 5.75 Å². The van der Waals surface area contributed by atoms with Crippen molar-refractivity contribution in [2.24, 2.45) is 0 Å². The SMILES string of the molecule is CCS(=O)(=O)c1ccc(CC(=O)Nc2ccc(OC3(c4ccc(Cl)c(F)c4)CCOCC3)c(F)c2)cc1. The van der Waals surface area contributed by atoms with Crippen LogP contribution in [0.25, 0.3) is 0 Å². The lowest BCUT2D eigenvalue weighted by atomic mass is 9.86. The molecule has 3 aromatic rings. The minimum absolute atomic E-state index is 0.0103. The van der Waals surface area contributed by atoms with Gasteiger partial charge in [-0.3, -0.25) is 4.79 Å². The fourth-order valence-electron chi connectivity index (χ4n) is 4.17. The third-order valence-electron chi connectivity index (χ3n) is 6.29. The summed E-state index contributed by atoms with van der Waals surface area (Å²) in [6, 6.07) is 14.6. The summed E-state index contributed by atoms with van der Waals surface area (Å²) in [5.41, 5.74) is 0.391. The van der Waals surface area contributed by atoms with Crippen LogP contribution in [0.2, 0.25) is 5.02 Å². The van der Waals surface area contributed by atoms with Crippen molar-refractivity contribution >= 4 is 33.0 Å². The number of anilines is 1. The van der Waals surface area contributed by atoms with Gasteiger partial charge < -0.3 is 14.8 Å². The molecule has 1 N–H and O–H groups in total. The fraction of sp³-hybridized carbons (Fsp3) is 0.296. The minimum Gasteiger partial charge on any atom is -0.479 e. The summed E-state index contributed by atoms with van der Waals surface area (Å²) in [5, 5.41) is 2.62. The van der Waals surface area contributed by atoms with E-state index in [1.807, 2.05) is 0 Å². The van der Waals surface area contributed by atoms with Gasteiger partial charge in [0.05, 0.1) is 35.3 Å². The van der Waals surface area contributed by atoms with Crippen molar-refractivity contribution in [1.29, 1.82) is 0 Å². The molecule has 0 unspecified atom stereocenters. The van der Waals surface area contributed by atoms with Crippen LogP contribution in [0.15, 0.2) is 65.6 Å². The van der Waals surface area contributed by atoms with E-state index in [2.05, 4.69) is 5.32 Å². The Bertz CT molecular complexity index is 1390. The monoisotopic (exact) mass is 549 g/mol. The highest BCUT2D eigenvalue weighted by molar-refractivity contribution is 7.91. The number of hydrogen-bond acceptors (Lipinski definition) is 5. The Hall–Kier alpha value is -3.01. The molecule has 0 atom stereocenters. The van der Waals surface area contributed by atoms with Gasteiger partial charge in [-0.05, 0) is 47.5 Å². The highest BCUT2D eigenvalue weighted by Crippen LogP contribution is 2.39. The Morgan fingerprint density at radius 3 is 2.35 bits per heavy atom. The molecular weight excluding hydrogens is 524 g/mol. The third kappa shape index (κ3) is 6.29. The number of benzene rings is 3. The normalized spacial score (nSPS) is 15.2. The standard InChI is InChI=1S/C27H26ClF2NO5S/c1-2-37(33,34)21-7-3-18(4-8-21)15-26(32)31-20-6-10-25(24(30)17-20)36-27(11-13-35-14-12-27)19-5-9-22(28)23(29)16-19/h3-10,16-17H,2,11-15H2,1H3,(H,31,32). The van der Waals surface area contributed by atoms with Crippen molar-refractivity contribution < 1.29 is 31.5 Å². The van der Waals surface area contributed by atoms with Gasteiger partial charge in [-0.2, -0.15) is 0 Å². The van der Waals surface area contributed by atoms with Crippen molar-refractivity contribution in [3.05, 3.63) is 88.4 Å². The largest absolute Gasteiger partial charge is 0.479 e.